The fourth-order valence-electron chi connectivity index (χ4n) is 2.87. The molecule has 0 radical (unpaired) electrons. The van der Waals surface area contributed by atoms with E-state index in [0.29, 0.717) is 24.2 Å². The molecule has 6 heteroatoms. The van der Waals surface area contributed by atoms with Crippen LogP contribution < -0.4 is 10.6 Å². The number of carbonyl (C=O) groups excluding carboxylic acids is 2. The number of rotatable bonds is 6. The van der Waals surface area contributed by atoms with Crippen LogP contribution in [0.4, 0.5) is 11.4 Å². The van der Waals surface area contributed by atoms with Crippen LogP contribution in [0.5, 0.6) is 0 Å². The molecular formula is C24H18N4O2. The lowest BCUT2D eigenvalue weighted by Gasteiger charge is -2.11. The normalized spacial score (nSPS) is 9.80. The Morgan fingerprint density at radius 1 is 0.633 bits per heavy atom. The van der Waals surface area contributed by atoms with Gasteiger partial charge in [-0.15, -0.1) is 0 Å². The summed E-state index contributed by atoms with van der Waals surface area (Å²) in [5, 5.41) is 23.0. The second-order valence-electron chi connectivity index (χ2n) is 6.52. The molecule has 3 rings (SSSR count). The molecule has 30 heavy (non-hydrogen) atoms. The van der Waals surface area contributed by atoms with Gasteiger partial charge in [-0.25, -0.2) is 0 Å². The summed E-state index contributed by atoms with van der Waals surface area (Å²) in [6.45, 7) is 0. The number of nitriles is 2. The number of benzene rings is 3. The van der Waals surface area contributed by atoms with Crippen molar-refractivity contribution in [2.24, 2.45) is 0 Å². The highest BCUT2D eigenvalue weighted by Crippen LogP contribution is 2.17. The lowest BCUT2D eigenvalue weighted by atomic mass is 10.1. The molecule has 0 fully saturated rings. The Morgan fingerprint density at radius 2 is 1.00 bits per heavy atom. The number of nitrogens with zero attached hydrogens (tertiary/aromatic N) is 2. The Labute approximate surface area is 174 Å². The molecule has 0 heterocycles. The van der Waals surface area contributed by atoms with Crippen LogP contribution in [0.2, 0.25) is 0 Å². The van der Waals surface area contributed by atoms with Gasteiger partial charge in [0.2, 0.25) is 0 Å². The zero-order chi connectivity index (χ0) is 21.3. The van der Waals surface area contributed by atoms with E-state index >= 15 is 0 Å². The monoisotopic (exact) mass is 394 g/mol. The Hall–Kier alpha value is -4.42. The summed E-state index contributed by atoms with van der Waals surface area (Å²) >= 11 is 0. The quantitative estimate of drug-likeness (QED) is 0.649. The van der Waals surface area contributed by atoms with Crippen molar-refractivity contribution in [3.8, 4) is 12.1 Å². The molecule has 2 amide bonds. The highest BCUT2D eigenvalue weighted by Gasteiger charge is 2.17. The Balaban J connectivity index is 1.74. The molecule has 0 saturated heterocycles. The first kappa shape index (κ1) is 20.3. The van der Waals surface area contributed by atoms with Gasteiger partial charge in [-0.1, -0.05) is 36.4 Å². The Kier molecular flexibility index (Phi) is 6.55. The molecule has 6 nitrogen and oxygen atoms in total. The summed E-state index contributed by atoms with van der Waals surface area (Å²) in [6.07, 6.45) is 0.601. The van der Waals surface area contributed by atoms with E-state index in [-0.39, 0.29) is 11.1 Å². The molecule has 3 aromatic carbocycles. The van der Waals surface area contributed by atoms with E-state index in [1.807, 2.05) is 0 Å². The molecule has 0 aliphatic heterocycles. The third-order valence-corrected chi connectivity index (χ3v) is 4.41. The van der Waals surface area contributed by atoms with Crippen LogP contribution in [0.1, 0.15) is 31.8 Å². The molecule has 2 N–H and O–H groups in total. The second-order valence-corrected chi connectivity index (χ2v) is 6.52. The molecule has 0 aromatic heterocycles. The molecule has 0 bridgehead atoms. The van der Waals surface area contributed by atoms with Gasteiger partial charge in [-0.05, 0) is 47.5 Å². The molecule has 0 spiro atoms. The number of hydrogen-bond acceptors (Lipinski definition) is 4. The van der Waals surface area contributed by atoms with E-state index in [0.717, 1.165) is 11.1 Å². The summed E-state index contributed by atoms with van der Waals surface area (Å²) in [7, 11) is 0. The van der Waals surface area contributed by atoms with Gasteiger partial charge in [0.1, 0.15) is 0 Å². The molecule has 146 valence electrons. The van der Waals surface area contributed by atoms with Gasteiger partial charge in [0.25, 0.3) is 11.8 Å². The number of amides is 2. The van der Waals surface area contributed by atoms with Gasteiger partial charge in [0, 0.05) is 11.4 Å². The lowest BCUT2D eigenvalue weighted by Crippen LogP contribution is -2.20. The molecular weight excluding hydrogens is 376 g/mol. The molecule has 0 aliphatic carbocycles. The summed E-state index contributed by atoms with van der Waals surface area (Å²) in [4.78, 5) is 25.5. The van der Waals surface area contributed by atoms with E-state index < -0.39 is 11.8 Å². The van der Waals surface area contributed by atoms with Crippen LogP contribution in [0.25, 0.3) is 0 Å². The van der Waals surface area contributed by atoms with Crippen molar-refractivity contribution in [1.82, 2.24) is 0 Å². The molecule has 0 saturated carbocycles. The Morgan fingerprint density at radius 3 is 1.33 bits per heavy atom. The summed E-state index contributed by atoms with van der Waals surface area (Å²) in [5.41, 5.74) is 3.36. The van der Waals surface area contributed by atoms with E-state index in [4.69, 9.17) is 10.5 Å². The van der Waals surface area contributed by atoms with Gasteiger partial charge in [0.15, 0.2) is 0 Å². The fraction of sp³-hybridized carbons (Fsp3) is 0.0833. The first-order valence-corrected chi connectivity index (χ1v) is 9.24. The highest BCUT2D eigenvalue weighted by molar-refractivity contribution is 6.15. The van der Waals surface area contributed by atoms with Crippen LogP contribution in [0, 0.1) is 22.7 Å². The van der Waals surface area contributed by atoms with E-state index in [2.05, 4.69) is 22.8 Å². The average Bonchev–Trinajstić information content (AvgIpc) is 2.77. The van der Waals surface area contributed by atoms with E-state index in [1.54, 1.807) is 72.8 Å². The van der Waals surface area contributed by atoms with Gasteiger partial charge in [-0.3, -0.25) is 9.59 Å². The standard InChI is InChI=1S/C24H18N4O2/c25-15-13-17-5-9-19(10-6-17)27-23(29)21-3-1-2-4-22(21)24(30)28-20-11-7-18(8-12-20)14-16-26/h1-12H,13-14H2,(H,27,29)(H,28,30). The van der Waals surface area contributed by atoms with Gasteiger partial charge < -0.3 is 10.6 Å². The maximum absolute atomic E-state index is 12.7. The van der Waals surface area contributed by atoms with Gasteiger partial charge in [0.05, 0.1) is 36.1 Å². The maximum Gasteiger partial charge on any atom is 0.256 e. The minimum Gasteiger partial charge on any atom is -0.322 e. The SMILES string of the molecule is N#CCc1ccc(NC(=O)c2ccccc2C(=O)Nc2ccc(CC#N)cc2)cc1. The predicted molar refractivity (Wildman–Crippen MR) is 114 cm³/mol. The van der Waals surface area contributed by atoms with Crippen molar-refractivity contribution in [3.05, 3.63) is 95.1 Å². The zero-order valence-corrected chi connectivity index (χ0v) is 16.1. The third-order valence-electron chi connectivity index (χ3n) is 4.41. The number of anilines is 2. The molecule has 0 atom stereocenters. The smallest absolute Gasteiger partial charge is 0.256 e. The topological polar surface area (TPSA) is 106 Å². The average molecular weight is 394 g/mol. The van der Waals surface area contributed by atoms with Crippen molar-refractivity contribution < 1.29 is 9.59 Å². The largest absolute Gasteiger partial charge is 0.322 e. The lowest BCUT2D eigenvalue weighted by molar-refractivity contribution is 0.0990. The van der Waals surface area contributed by atoms with Crippen molar-refractivity contribution in [3.63, 3.8) is 0 Å². The summed E-state index contributed by atoms with van der Waals surface area (Å²) in [6, 6.07) is 24.7. The second kappa shape index (κ2) is 9.68. The number of carbonyl (C=O) groups is 2. The third kappa shape index (κ3) is 5.09. The maximum atomic E-state index is 12.7. The fourth-order valence-corrected chi connectivity index (χ4v) is 2.87. The molecule has 3 aromatic rings. The van der Waals surface area contributed by atoms with Crippen molar-refractivity contribution in [2.75, 3.05) is 10.6 Å². The van der Waals surface area contributed by atoms with Crippen molar-refractivity contribution in [2.45, 2.75) is 12.8 Å². The summed E-state index contributed by atoms with van der Waals surface area (Å²) in [5.74, 6) is -0.809. The van der Waals surface area contributed by atoms with E-state index in [1.165, 1.54) is 0 Å². The minimum atomic E-state index is -0.404. The van der Waals surface area contributed by atoms with Crippen LogP contribution in [0.3, 0.4) is 0 Å². The van der Waals surface area contributed by atoms with Crippen LogP contribution in [0.15, 0.2) is 72.8 Å². The van der Waals surface area contributed by atoms with Gasteiger partial charge >= 0.3 is 0 Å². The van der Waals surface area contributed by atoms with Crippen LogP contribution in [-0.4, -0.2) is 11.8 Å². The van der Waals surface area contributed by atoms with Gasteiger partial charge in [-0.2, -0.15) is 10.5 Å². The summed E-state index contributed by atoms with van der Waals surface area (Å²) < 4.78 is 0. The predicted octanol–water partition coefficient (Wildman–Crippen LogP) is 4.32. The molecule has 0 unspecified atom stereocenters. The van der Waals surface area contributed by atoms with Crippen LogP contribution >= 0.6 is 0 Å². The number of nitrogens with one attached hydrogen (secondary N) is 2. The van der Waals surface area contributed by atoms with E-state index in [9.17, 15) is 9.59 Å². The first-order chi connectivity index (χ1) is 14.6. The van der Waals surface area contributed by atoms with Crippen LogP contribution in [-0.2, 0) is 12.8 Å². The highest BCUT2D eigenvalue weighted by atomic mass is 16.2. The van der Waals surface area contributed by atoms with Crippen molar-refractivity contribution >= 4 is 23.2 Å². The molecule has 0 aliphatic rings. The zero-order valence-electron chi connectivity index (χ0n) is 16.1. The van der Waals surface area contributed by atoms with Crippen molar-refractivity contribution in [1.29, 1.82) is 10.5 Å². The Bertz CT molecular complexity index is 1050. The number of hydrogen-bond donors (Lipinski definition) is 2. The minimum absolute atomic E-state index is 0.247. The first-order valence-electron chi connectivity index (χ1n) is 9.24.